The Kier molecular flexibility index (Phi) is 6.16. The number of ether oxygens (including phenoxy) is 1. The van der Waals surface area contributed by atoms with Crippen LogP contribution in [0.25, 0.3) is 0 Å². The Balaban J connectivity index is 2.30. The molecule has 0 atom stereocenters. The maximum Gasteiger partial charge on any atom is 0.101 e. The van der Waals surface area contributed by atoms with Gasteiger partial charge in [-0.05, 0) is 24.6 Å². The molecule has 0 saturated carbocycles. The van der Waals surface area contributed by atoms with E-state index in [2.05, 4.69) is 11.9 Å². The second kappa shape index (κ2) is 7.72. The molecule has 3 nitrogen and oxygen atoms in total. The second-order valence-corrected chi connectivity index (χ2v) is 3.83. The van der Waals surface area contributed by atoms with Gasteiger partial charge in [-0.25, -0.2) is 0 Å². The van der Waals surface area contributed by atoms with E-state index < -0.39 is 0 Å². The standard InChI is InChI=1S/C13H15ClN2O/c1-2-3-7-17-8-6-16-12-5-4-11(10-15)13(14)9-12/h2,4-5,9,16H,1,3,6-8H2. The number of nitrogens with zero attached hydrogens (tertiary/aromatic N) is 1. The van der Waals surface area contributed by atoms with E-state index in [1.54, 1.807) is 12.1 Å². The lowest BCUT2D eigenvalue weighted by Crippen LogP contribution is -2.09. The average molecular weight is 251 g/mol. The maximum atomic E-state index is 8.72. The Labute approximate surface area is 107 Å². The summed E-state index contributed by atoms with van der Waals surface area (Å²) in [6.07, 6.45) is 2.69. The van der Waals surface area contributed by atoms with Crippen molar-refractivity contribution in [1.82, 2.24) is 0 Å². The van der Waals surface area contributed by atoms with Crippen LogP contribution < -0.4 is 5.32 Å². The number of halogens is 1. The summed E-state index contributed by atoms with van der Waals surface area (Å²) in [7, 11) is 0. The highest BCUT2D eigenvalue weighted by molar-refractivity contribution is 6.32. The molecule has 0 radical (unpaired) electrons. The predicted molar refractivity (Wildman–Crippen MR) is 70.3 cm³/mol. The summed E-state index contributed by atoms with van der Waals surface area (Å²) in [6, 6.07) is 7.28. The van der Waals surface area contributed by atoms with E-state index in [-0.39, 0.29) is 0 Å². The Hall–Kier alpha value is -1.50. The molecule has 90 valence electrons. The molecule has 1 rings (SSSR count). The minimum atomic E-state index is 0.463. The van der Waals surface area contributed by atoms with Crippen LogP contribution in [0.4, 0.5) is 5.69 Å². The first-order chi connectivity index (χ1) is 8.27. The summed E-state index contributed by atoms with van der Waals surface area (Å²) < 4.78 is 5.35. The lowest BCUT2D eigenvalue weighted by molar-refractivity contribution is 0.149. The first-order valence-corrected chi connectivity index (χ1v) is 5.78. The molecule has 0 aromatic heterocycles. The lowest BCUT2D eigenvalue weighted by atomic mass is 10.2. The molecule has 0 spiro atoms. The molecule has 17 heavy (non-hydrogen) atoms. The second-order valence-electron chi connectivity index (χ2n) is 3.42. The van der Waals surface area contributed by atoms with Crippen LogP contribution in [0.15, 0.2) is 30.9 Å². The molecular weight excluding hydrogens is 236 g/mol. The zero-order valence-corrected chi connectivity index (χ0v) is 10.3. The van der Waals surface area contributed by atoms with Gasteiger partial charge in [0.2, 0.25) is 0 Å². The van der Waals surface area contributed by atoms with Gasteiger partial charge >= 0.3 is 0 Å². The molecule has 4 heteroatoms. The fourth-order valence-electron chi connectivity index (χ4n) is 1.25. The molecule has 0 amide bonds. The highest BCUT2D eigenvalue weighted by Gasteiger charge is 2.00. The maximum absolute atomic E-state index is 8.72. The summed E-state index contributed by atoms with van der Waals surface area (Å²) >= 11 is 5.91. The van der Waals surface area contributed by atoms with Gasteiger partial charge in [-0.1, -0.05) is 17.7 Å². The highest BCUT2D eigenvalue weighted by atomic mass is 35.5. The molecule has 1 aromatic rings. The first-order valence-electron chi connectivity index (χ1n) is 5.40. The topological polar surface area (TPSA) is 45.0 Å². The van der Waals surface area contributed by atoms with Gasteiger partial charge in [0.05, 0.1) is 23.8 Å². The zero-order valence-electron chi connectivity index (χ0n) is 9.58. The van der Waals surface area contributed by atoms with Crippen LogP contribution in [-0.4, -0.2) is 19.8 Å². The van der Waals surface area contributed by atoms with Crippen molar-refractivity contribution in [2.24, 2.45) is 0 Å². The Morgan fingerprint density at radius 3 is 2.94 bits per heavy atom. The Morgan fingerprint density at radius 2 is 2.29 bits per heavy atom. The number of nitrogens with one attached hydrogen (secondary N) is 1. The molecule has 0 fully saturated rings. The van der Waals surface area contributed by atoms with E-state index in [1.807, 2.05) is 18.2 Å². The van der Waals surface area contributed by atoms with E-state index in [1.165, 1.54) is 0 Å². The SMILES string of the molecule is C=CCCOCCNc1ccc(C#N)c(Cl)c1. The molecule has 0 heterocycles. The number of benzene rings is 1. The zero-order chi connectivity index (χ0) is 12.5. The van der Waals surface area contributed by atoms with Gasteiger partial charge in [-0.3, -0.25) is 0 Å². The molecule has 1 N–H and O–H groups in total. The third-order valence-corrected chi connectivity index (χ3v) is 2.44. The van der Waals surface area contributed by atoms with Gasteiger partial charge in [0.1, 0.15) is 6.07 Å². The van der Waals surface area contributed by atoms with Gasteiger partial charge in [0.15, 0.2) is 0 Å². The van der Waals surface area contributed by atoms with Gasteiger partial charge in [0, 0.05) is 12.2 Å². The molecule has 0 unspecified atom stereocenters. The number of hydrogen-bond donors (Lipinski definition) is 1. The van der Waals surface area contributed by atoms with Crippen LogP contribution >= 0.6 is 11.6 Å². The normalized spacial score (nSPS) is 9.65. The van der Waals surface area contributed by atoms with E-state index in [9.17, 15) is 0 Å². The van der Waals surface area contributed by atoms with Gasteiger partial charge in [-0.2, -0.15) is 5.26 Å². The lowest BCUT2D eigenvalue weighted by Gasteiger charge is -2.07. The summed E-state index contributed by atoms with van der Waals surface area (Å²) in [6.45, 7) is 5.65. The monoisotopic (exact) mass is 250 g/mol. The highest BCUT2D eigenvalue weighted by Crippen LogP contribution is 2.19. The average Bonchev–Trinajstić information content (AvgIpc) is 2.34. The van der Waals surface area contributed by atoms with Crippen LogP contribution in [-0.2, 0) is 4.74 Å². The summed E-state index contributed by atoms with van der Waals surface area (Å²) in [5, 5.41) is 12.4. The number of anilines is 1. The first kappa shape index (κ1) is 13.6. The van der Waals surface area contributed by atoms with Crippen LogP contribution in [0.3, 0.4) is 0 Å². The van der Waals surface area contributed by atoms with Crippen molar-refractivity contribution < 1.29 is 4.74 Å². The van der Waals surface area contributed by atoms with Crippen molar-refractivity contribution in [3.05, 3.63) is 41.4 Å². The third kappa shape index (κ3) is 4.90. The van der Waals surface area contributed by atoms with Crippen LogP contribution in [0, 0.1) is 11.3 Å². The molecular formula is C13H15ClN2O. The van der Waals surface area contributed by atoms with Gasteiger partial charge in [-0.15, -0.1) is 6.58 Å². The fraction of sp³-hybridized carbons (Fsp3) is 0.308. The molecule has 0 bridgehead atoms. The van der Waals surface area contributed by atoms with E-state index in [0.717, 1.165) is 12.1 Å². The van der Waals surface area contributed by atoms with Crippen LogP contribution in [0.1, 0.15) is 12.0 Å². The van der Waals surface area contributed by atoms with Crippen molar-refractivity contribution in [3.63, 3.8) is 0 Å². The Bertz CT molecular complexity index is 412. The quantitative estimate of drug-likeness (QED) is 0.597. The van der Waals surface area contributed by atoms with E-state index in [0.29, 0.717) is 30.3 Å². The smallest absolute Gasteiger partial charge is 0.101 e. The summed E-state index contributed by atoms with van der Waals surface area (Å²) in [4.78, 5) is 0. The van der Waals surface area contributed by atoms with Crippen molar-refractivity contribution in [3.8, 4) is 6.07 Å². The molecule has 1 aromatic carbocycles. The van der Waals surface area contributed by atoms with Crippen LogP contribution in [0.2, 0.25) is 5.02 Å². The summed E-state index contributed by atoms with van der Waals surface area (Å²) in [5.74, 6) is 0. The molecule has 0 saturated heterocycles. The number of nitriles is 1. The minimum absolute atomic E-state index is 0.463. The number of rotatable bonds is 7. The summed E-state index contributed by atoms with van der Waals surface area (Å²) in [5.41, 5.74) is 1.38. The molecule has 0 aliphatic heterocycles. The molecule has 0 aliphatic rings. The largest absolute Gasteiger partial charge is 0.383 e. The van der Waals surface area contributed by atoms with Gasteiger partial charge < -0.3 is 10.1 Å². The van der Waals surface area contributed by atoms with Crippen molar-refractivity contribution in [2.75, 3.05) is 25.1 Å². The fourth-order valence-corrected chi connectivity index (χ4v) is 1.47. The van der Waals surface area contributed by atoms with E-state index >= 15 is 0 Å². The van der Waals surface area contributed by atoms with Crippen molar-refractivity contribution >= 4 is 17.3 Å². The van der Waals surface area contributed by atoms with Crippen molar-refractivity contribution in [1.29, 1.82) is 5.26 Å². The molecule has 0 aliphatic carbocycles. The number of hydrogen-bond acceptors (Lipinski definition) is 3. The van der Waals surface area contributed by atoms with Gasteiger partial charge in [0.25, 0.3) is 0 Å². The predicted octanol–water partition coefficient (Wildman–Crippen LogP) is 3.22. The Morgan fingerprint density at radius 1 is 1.47 bits per heavy atom. The van der Waals surface area contributed by atoms with Crippen molar-refractivity contribution in [2.45, 2.75) is 6.42 Å². The minimum Gasteiger partial charge on any atom is -0.383 e. The third-order valence-electron chi connectivity index (χ3n) is 2.13. The van der Waals surface area contributed by atoms with Crippen LogP contribution in [0.5, 0.6) is 0 Å². The van der Waals surface area contributed by atoms with E-state index in [4.69, 9.17) is 21.6 Å².